The van der Waals surface area contributed by atoms with E-state index in [0.717, 1.165) is 12.1 Å². The van der Waals surface area contributed by atoms with Crippen LogP contribution in [0.15, 0.2) is 41.9 Å². The summed E-state index contributed by atoms with van der Waals surface area (Å²) in [5.74, 6) is 2.91. The molecule has 3 aromatic rings. The second-order valence-electron chi connectivity index (χ2n) is 4.32. The SMILES string of the molecule is Fc1ccc(-c2ccc(C#Cc3nncs3)c(F)c2)cc1F. The summed E-state index contributed by atoms with van der Waals surface area (Å²) in [5.41, 5.74) is 2.56. The molecule has 0 saturated heterocycles. The molecule has 22 heavy (non-hydrogen) atoms. The molecule has 3 rings (SSSR count). The van der Waals surface area contributed by atoms with E-state index in [0.29, 0.717) is 16.1 Å². The fourth-order valence-corrected chi connectivity index (χ4v) is 2.22. The molecule has 0 bridgehead atoms. The largest absolute Gasteiger partial charge is 0.206 e. The Hall–Kier alpha value is -2.65. The van der Waals surface area contributed by atoms with Crippen LogP contribution in [-0.4, -0.2) is 10.2 Å². The number of aromatic nitrogens is 2. The molecule has 0 saturated carbocycles. The third kappa shape index (κ3) is 3.00. The quantitative estimate of drug-likeness (QED) is 0.634. The molecule has 0 radical (unpaired) electrons. The molecule has 1 aromatic heterocycles. The summed E-state index contributed by atoms with van der Waals surface area (Å²) in [6.45, 7) is 0. The van der Waals surface area contributed by atoms with Gasteiger partial charge in [0.2, 0.25) is 0 Å². The minimum atomic E-state index is -0.974. The topological polar surface area (TPSA) is 25.8 Å². The Morgan fingerprint density at radius 1 is 0.818 bits per heavy atom. The molecule has 2 nitrogen and oxygen atoms in total. The summed E-state index contributed by atoms with van der Waals surface area (Å²) in [4.78, 5) is 0. The van der Waals surface area contributed by atoms with Crippen LogP contribution >= 0.6 is 11.3 Å². The standard InChI is InChI=1S/C16H7F3N2S/c17-13-5-3-12(8-15(13)19)11-2-1-10(14(18)7-11)4-6-16-21-20-9-22-16/h1-3,5,7-9H. The average Bonchev–Trinajstić information content (AvgIpc) is 3.02. The first kappa shape index (κ1) is 14.3. The number of nitrogens with zero attached hydrogens (tertiary/aromatic N) is 2. The van der Waals surface area contributed by atoms with Crippen molar-refractivity contribution in [3.05, 3.63) is 69.9 Å². The molecular formula is C16H7F3N2S. The number of benzene rings is 2. The van der Waals surface area contributed by atoms with E-state index in [4.69, 9.17) is 0 Å². The molecule has 0 aliphatic rings. The summed E-state index contributed by atoms with van der Waals surface area (Å²) in [6.07, 6.45) is 0. The van der Waals surface area contributed by atoms with E-state index in [-0.39, 0.29) is 5.56 Å². The highest BCUT2D eigenvalue weighted by Crippen LogP contribution is 2.23. The molecule has 0 aliphatic heterocycles. The Balaban J connectivity index is 1.93. The van der Waals surface area contributed by atoms with Crippen molar-refractivity contribution in [2.24, 2.45) is 0 Å². The molecule has 6 heteroatoms. The third-order valence-corrected chi connectivity index (χ3v) is 3.49. The van der Waals surface area contributed by atoms with Crippen LogP contribution in [0.1, 0.15) is 10.6 Å². The van der Waals surface area contributed by atoms with Gasteiger partial charge in [0, 0.05) is 0 Å². The summed E-state index contributed by atoms with van der Waals surface area (Å²) in [6, 6.07) is 7.73. The van der Waals surface area contributed by atoms with Gasteiger partial charge in [0.25, 0.3) is 0 Å². The van der Waals surface area contributed by atoms with Gasteiger partial charge >= 0.3 is 0 Å². The van der Waals surface area contributed by atoms with E-state index in [9.17, 15) is 13.2 Å². The fourth-order valence-electron chi connectivity index (χ4n) is 1.82. The minimum Gasteiger partial charge on any atom is -0.206 e. The monoisotopic (exact) mass is 316 g/mol. The van der Waals surface area contributed by atoms with Gasteiger partial charge in [-0.15, -0.1) is 10.2 Å². The molecule has 108 valence electrons. The van der Waals surface area contributed by atoms with E-state index >= 15 is 0 Å². The first-order valence-electron chi connectivity index (χ1n) is 6.16. The first-order valence-corrected chi connectivity index (χ1v) is 7.04. The van der Waals surface area contributed by atoms with Crippen molar-refractivity contribution in [3.8, 4) is 23.0 Å². The lowest BCUT2D eigenvalue weighted by Gasteiger charge is -2.04. The smallest absolute Gasteiger partial charge is 0.191 e. The van der Waals surface area contributed by atoms with Crippen LogP contribution < -0.4 is 0 Å². The van der Waals surface area contributed by atoms with Crippen molar-refractivity contribution >= 4 is 11.3 Å². The maximum atomic E-state index is 14.0. The van der Waals surface area contributed by atoms with Gasteiger partial charge < -0.3 is 0 Å². The van der Waals surface area contributed by atoms with Crippen LogP contribution in [0.5, 0.6) is 0 Å². The molecule has 0 fully saturated rings. The predicted octanol–water partition coefficient (Wildman–Crippen LogP) is 4.02. The molecule has 0 spiro atoms. The van der Waals surface area contributed by atoms with Crippen molar-refractivity contribution in [2.75, 3.05) is 0 Å². The molecular weight excluding hydrogens is 309 g/mol. The molecule has 0 unspecified atom stereocenters. The summed E-state index contributed by atoms with van der Waals surface area (Å²) >= 11 is 1.26. The molecule has 1 heterocycles. The van der Waals surface area contributed by atoms with Crippen LogP contribution in [0, 0.1) is 29.3 Å². The van der Waals surface area contributed by atoms with Crippen LogP contribution in [0.3, 0.4) is 0 Å². The number of rotatable bonds is 1. The second-order valence-corrected chi connectivity index (χ2v) is 5.15. The van der Waals surface area contributed by atoms with Crippen LogP contribution in [-0.2, 0) is 0 Å². The molecule has 2 aromatic carbocycles. The van der Waals surface area contributed by atoms with Gasteiger partial charge in [0.1, 0.15) is 11.3 Å². The fraction of sp³-hybridized carbons (Fsp3) is 0. The first-order chi connectivity index (χ1) is 10.6. The Morgan fingerprint density at radius 2 is 1.55 bits per heavy atom. The summed E-state index contributed by atoms with van der Waals surface area (Å²) < 4.78 is 40.2. The van der Waals surface area contributed by atoms with Crippen molar-refractivity contribution in [2.45, 2.75) is 0 Å². The lowest BCUT2D eigenvalue weighted by atomic mass is 10.0. The van der Waals surface area contributed by atoms with Crippen LogP contribution in [0.2, 0.25) is 0 Å². The number of hydrogen-bond acceptors (Lipinski definition) is 3. The maximum absolute atomic E-state index is 14.0. The van der Waals surface area contributed by atoms with Gasteiger partial charge in [-0.2, -0.15) is 0 Å². The second kappa shape index (κ2) is 6.00. The highest BCUT2D eigenvalue weighted by Gasteiger charge is 2.07. The van der Waals surface area contributed by atoms with Gasteiger partial charge in [-0.1, -0.05) is 29.4 Å². The molecule has 0 N–H and O–H groups in total. The normalized spacial score (nSPS) is 10.1. The zero-order valence-electron chi connectivity index (χ0n) is 11.0. The highest BCUT2D eigenvalue weighted by molar-refractivity contribution is 7.09. The van der Waals surface area contributed by atoms with Gasteiger partial charge in [-0.05, 0) is 41.3 Å². The zero-order chi connectivity index (χ0) is 15.5. The Labute approximate surface area is 128 Å². The van der Waals surface area contributed by atoms with Crippen molar-refractivity contribution in [1.29, 1.82) is 0 Å². The number of hydrogen-bond donors (Lipinski definition) is 0. The van der Waals surface area contributed by atoms with Crippen molar-refractivity contribution in [1.82, 2.24) is 10.2 Å². The average molecular weight is 316 g/mol. The molecule has 0 aliphatic carbocycles. The molecule has 0 atom stereocenters. The van der Waals surface area contributed by atoms with E-state index in [2.05, 4.69) is 22.0 Å². The van der Waals surface area contributed by atoms with E-state index < -0.39 is 17.5 Å². The van der Waals surface area contributed by atoms with Gasteiger partial charge in [0.05, 0.1) is 5.56 Å². The number of halogens is 3. The third-order valence-electron chi connectivity index (χ3n) is 2.89. The Bertz CT molecular complexity index is 880. The van der Waals surface area contributed by atoms with Crippen molar-refractivity contribution < 1.29 is 13.2 Å². The maximum Gasteiger partial charge on any atom is 0.191 e. The van der Waals surface area contributed by atoms with Gasteiger partial charge in [-0.3, -0.25) is 0 Å². The van der Waals surface area contributed by atoms with Gasteiger partial charge in [-0.25, -0.2) is 13.2 Å². The van der Waals surface area contributed by atoms with E-state index in [1.807, 2.05) is 0 Å². The Kier molecular flexibility index (Phi) is 3.90. The zero-order valence-corrected chi connectivity index (χ0v) is 11.8. The van der Waals surface area contributed by atoms with Crippen LogP contribution in [0.25, 0.3) is 11.1 Å². The predicted molar refractivity (Wildman–Crippen MR) is 77.6 cm³/mol. The van der Waals surface area contributed by atoms with Crippen molar-refractivity contribution in [3.63, 3.8) is 0 Å². The summed E-state index contributed by atoms with van der Waals surface area (Å²) in [7, 11) is 0. The lowest BCUT2D eigenvalue weighted by molar-refractivity contribution is 0.509. The van der Waals surface area contributed by atoms with E-state index in [1.54, 1.807) is 6.07 Å². The minimum absolute atomic E-state index is 0.196. The molecule has 0 amide bonds. The van der Waals surface area contributed by atoms with Crippen LogP contribution in [0.4, 0.5) is 13.2 Å². The highest BCUT2D eigenvalue weighted by atomic mass is 32.1. The lowest BCUT2D eigenvalue weighted by Crippen LogP contribution is -1.89. The van der Waals surface area contributed by atoms with E-state index in [1.165, 1.54) is 35.0 Å². The van der Waals surface area contributed by atoms with Gasteiger partial charge in [0.15, 0.2) is 16.6 Å². The summed E-state index contributed by atoms with van der Waals surface area (Å²) in [5, 5.41) is 7.86. The Morgan fingerprint density at radius 3 is 2.18 bits per heavy atom.